The molecule has 2 N–H and O–H groups in total. The fraction of sp³-hybridized carbons (Fsp3) is 0.364. The smallest absolute Gasteiger partial charge is 0.304 e. The fourth-order valence-electron chi connectivity index (χ4n) is 2.02. The summed E-state index contributed by atoms with van der Waals surface area (Å²) in [5, 5.41) is 12.1. The normalized spacial score (nSPS) is 19.7. The molecule has 1 aliphatic heterocycles. The highest BCUT2D eigenvalue weighted by Gasteiger charge is 2.23. The molecule has 3 nitrogen and oxygen atoms in total. The molecule has 0 aliphatic carbocycles. The summed E-state index contributed by atoms with van der Waals surface area (Å²) < 4.78 is 1.06. The van der Waals surface area contributed by atoms with Crippen molar-refractivity contribution in [3.05, 3.63) is 33.8 Å². The van der Waals surface area contributed by atoms with E-state index in [9.17, 15) is 4.79 Å². The van der Waals surface area contributed by atoms with Crippen LogP contribution in [0.2, 0.25) is 0 Å². The quantitative estimate of drug-likeness (QED) is 0.865. The lowest BCUT2D eigenvalue weighted by Crippen LogP contribution is -2.29. The van der Waals surface area contributed by atoms with Crippen LogP contribution in [0.3, 0.4) is 0 Å². The van der Waals surface area contributed by atoms with Crippen molar-refractivity contribution >= 4 is 21.9 Å². The Morgan fingerprint density at radius 1 is 1.60 bits per heavy atom. The second-order valence-electron chi connectivity index (χ2n) is 3.73. The molecule has 0 amide bonds. The summed E-state index contributed by atoms with van der Waals surface area (Å²) >= 11 is 3.49. The molecule has 4 heteroatoms. The van der Waals surface area contributed by atoms with Gasteiger partial charge in [0.2, 0.25) is 0 Å². The van der Waals surface area contributed by atoms with Gasteiger partial charge >= 0.3 is 5.97 Å². The highest BCUT2D eigenvalue weighted by Crippen LogP contribution is 2.31. The van der Waals surface area contributed by atoms with E-state index in [0.717, 1.165) is 23.1 Å². The molecule has 0 saturated heterocycles. The molecule has 0 spiro atoms. The lowest BCUT2D eigenvalue weighted by Gasteiger charge is -2.26. The number of halogens is 1. The minimum atomic E-state index is -0.741. The predicted octanol–water partition coefficient (Wildman–Crippen LogP) is 2.11. The molecule has 1 atom stereocenters. The van der Waals surface area contributed by atoms with E-state index in [-0.39, 0.29) is 12.3 Å². The summed E-state index contributed by atoms with van der Waals surface area (Å²) in [5.74, 6) is -0.654. The summed E-state index contributed by atoms with van der Waals surface area (Å²) in [4.78, 5) is 10.7. The molecule has 0 fully saturated rings. The van der Waals surface area contributed by atoms with Crippen LogP contribution in [0.5, 0.6) is 0 Å². The van der Waals surface area contributed by atoms with Gasteiger partial charge in [-0.25, -0.2) is 0 Å². The zero-order chi connectivity index (χ0) is 10.8. The maximum absolute atomic E-state index is 10.7. The van der Waals surface area contributed by atoms with Crippen molar-refractivity contribution in [1.82, 2.24) is 5.32 Å². The van der Waals surface area contributed by atoms with E-state index in [1.807, 2.05) is 18.2 Å². The summed E-state index contributed by atoms with van der Waals surface area (Å²) in [6.07, 6.45) is 0.191. The average molecular weight is 270 g/mol. The largest absolute Gasteiger partial charge is 0.481 e. The SMILES string of the molecule is O=C(O)CC1CNCc2c(Br)cccc21. The van der Waals surface area contributed by atoms with E-state index in [1.54, 1.807) is 0 Å². The number of carboxylic acids is 1. The van der Waals surface area contributed by atoms with Crippen molar-refractivity contribution in [2.75, 3.05) is 6.54 Å². The third-order valence-corrected chi connectivity index (χ3v) is 3.45. The van der Waals surface area contributed by atoms with Crippen LogP contribution in [0, 0.1) is 0 Å². The van der Waals surface area contributed by atoms with Crippen molar-refractivity contribution in [3.63, 3.8) is 0 Å². The summed E-state index contributed by atoms with van der Waals surface area (Å²) in [7, 11) is 0. The van der Waals surface area contributed by atoms with Crippen molar-refractivity contribution < 1.29 is 9.90 Å². The van der Waals surface area contributed by atoms with Crippen LogP contribution in [-0.2, 0) is 11.3 Å². The second kappa shape index (κ2) is 4.33. The molecule has 2 rings (SSSR count). The van der Waals surface area contributed by atoms with Gasteiger partial charge in [-0.15, -0.1) is 0 Å². The Hall–Kier alpha value is -0.870. The van der Waals surface area contributed by atoms with Crippen molar-refractivity contribution in [1.29, 1.82) is 0 Å². The summed E-state index contributed by atoms with van der Waals surface area (Å²) in [5.41, 5.74) is 2.35. The van der Waals surface area contributed by atoms with Gasteiger partial charge in [-0.1, -0.05) is 28.1 Å². The number of rotatable bonds is 2. The highest BCUT2D eigenvalue weighted by atomic mass is 79.9. The average Bonchev–Trinajstić information content (AvgIpc) is 2.19. The molecule has 0 aromatic heterocycles. The maximum atomic E-state index is 10.7. The lowest BCUT2D eigenvalue weighted by atomic mass is 9.89. The van der Waals surface area contributed by atoms with Gasteiger partial charge in [0, 0.05) is 23.5 Å². The molecule has 0 bridgehead atoms. The number of hydrogen-bond acceptors (Lipinski definition) is 2. The number of hydrogen-bond donors (Lipinski definition) is 2. The Balaban J connectivity index is 2.34. The van der Waals surface area contributed by atoms with Gasteiger partial charge in [0.1, 0.15) is 0 Å². The van der Waals surface area contributed by atoms with E-state index in [1.165, 1.54) is 5.56 Å². The Kier molecular flexibility index (Phi) is 3.07. The number of aliphatic carboxylic acids is 1. The first-order valence-corrected chi connectivity index (χ1v) is 5.67. The molecular weight excluding hydrogens is 258 g/mol. The second-order valence-corrected chi connectivity index (χ2v) is 4.59. The van der Waals surface area contributed by atoms with E-state index in [0.29, 0.717) is 0 Å². The number of benzene rings is 1. The van der Waals surface area contributed by atoms with E-state index < -0.39 is 5.97 Å². The Labute approximate surface area is 96.6 Å². The summed E-state index contributed by atoms with van der Waals surface area (Å²) in [6, 6.07) is 5.97. The predicted molar refractivity (Wildman–Crippen MR) is 60.8 cm³/mol. The molecular formula is C11H12BrNO2. The first kappa shape index (κ1) is 10.6. The number of carboxylic acid groups (broad SMARTS) is 1. The van der Waals surface area contributed by atoms with Crippen LogP contribution in [0.1, 0.15) is 23.5 Å². The first-order valence-electron chi connectivity index (χ1n) is 4.88. The minimum Gasteiger partial charge on any atom is -0.481 e. The molecule has 1 aromatic carbocycles. The molecule has 1 aromatic rings. The van der Waals surface area contributed by atoms with Gasteiger partial charge in [-0.2, -0.15) is 0 Å². The highest BCUT2D eigenvalue weighted by molar-refractivity contribution is 9.10. The maximum Gasteiger partial charge on any atom is 0.304 e. The van der Waals surface area contributed by atoms with Crippen molar-refractivity contribution in [2.45, 2.75) is 18.9 Å². The molecule has 0 saturated carbocycles. The zero-order valence-corrected chi connectivity index (χ0v) is 9.75. The standard InChI is InChI=1S/C11H12BrNO2/c12-10-3-1-2-8-7(4-11(14)15)5-13-6-9(8)10/h1-3,7,13H,4-6H2,(H,14,15). The topological polar surface area (TPSA) is 49.3 Å². The van der Waals surface area contributed by atoms with Crippen LogP contribution in [-0.4, -0.2) is 17.6 Å². The van der Waals surface area contributed by atoms with Gasteiger partial charge in [-0.3, -0.25) is 4.79 Å². The number of carbonyl (C=O) groups is 1. The van der Waals surface area contributed by atoms with Crippen molar-refractivity contribution in [2.24, 2.45) is 0 Å². The third-order valence-electron chi connectivity index (χ3n) is 2.71. The van der Waals surface area contributed by atoms with Gasteiger partial charge in [-0.05, 0) is 17.2 Å². The molecule has 80 valence electrons. The van der Waals surface area contributed by atoms with E-state index >= 15 is 0 Å². The van der Waals surface area contributed by atoms with Crippen LogP contribution in [0.15, 0.2) is 22.7 Å². The molecule has 15 heavy (non-hydrogen) atoms. The van der Waals surface area contributed by atoms with Crippen LogP contribution < -0.4 is 5.32 Å². The first-order chi connectivity index (χ1) is 7.18. The van der Waals surface area contributed by atoms with Crippen LogP contribution in [0.25, 0.3) is 0 Å². The third kappa shape index (κ3) is 2.21. The molecule has 1 aliphatic rings. The Morgan fingerprint density at radius 3 is 3.13 bits per heavy atom. The Morgan fingerprint density at radius 2 is 2.40 bits per heavy atom. The summed E-state index contributed by atoms with van der Waals surface area (Å²) in [6.45, 7) is 1.56. The minimum absolute atomic E-state index is 0.0868. The van der Waals surface area contributed by atoms with Gasteiger partial charge < -0.3 is 10.4 Å². The monoisotopic (exact) mass is 269 g/mol. The zero-order valence-electron chi connectivity index (χ0n) is 8.16. The van der Waals surface area contributed by atoms with Gasteiger partial charge in [0.25, 0.3) is 0 Å². The van der Waals surface area contributed by atoms with Crippen LogP contribution in [0.4, 0.5) is 0 Å². The lowest BCUT2D eigenvalue weighted by molar-refractivity contribution is -0.137. The molecule has 1 heterocycles. The number of nitrogens with one attached hydrogen (secondary N) is 1. The fourth-order valence-corrected chi connectivity index (χ4v) is 2.54. The number of fused-ring (bicyclic) bond motifs is 1. The molecule has 0 radical (unpaired) electrons. The van der Waals surface area contributed by atoms with E-state index in [2.05, 4.69) is 21.2 Å². The van der Waals surface area contributed by atoms with Gasteiger partial charge in [0.05, 0.1) is 6.42 Å². The molecule has 1 unspecified atom stereocenters. The van der Waals surface area contributed by atoms with Crippen molar-refractivity contribution in [3.8, 4) is 0 Å². The van der Waals surface area contributed by atoms with E-state index in [4.69, 9.17) is 5.11 Å². The van der Waals surface area contributed by atoms with Crippen LogP contribution >= 0.6 is 15.9 Å². The Bertz CT molecular complexity index is 392. The van der Waals surface area contributed by atoms with Gasteiger partial charge in [0.15, 0.2) is 0 Å².